The number of aromatic hydroxyl groups is 1. The molecule has 1 fully saturated rings. The number of rotatable bonds is 11. The minimum Gasteiger partial charge on any atom is -0.508 e. The first-order chi connectivity index (χ1) is 23.5. The van der Waals surface area contributed by atoms with E-state index in [1.807, 2.05) is 13.8 Å². The van der Waals surface area contributed by atoms with E-state index in [9.17, 15) is 33.9 Å². The molecule has 13 heteroatoms. The normalized spacial score (nSPS) is 24.9. The number of ether oxygens (including phenoxy) is 1. The van der Waals surface area contributed by atoms with E-state index < -0.39 is 77.6 Å². The van der Waals surface area contributed by atoms with Gasteiger partial charge in [0.25, 0.3) is 0 Å². The van der Waals surface area contributed by atoms with Crippen molar-refractivity contribution in [1.82, 2.24) is 26.6 Å². The smallest absolute Gasteiger partial charge is 0.354 e. The number of hydrogen-bond acceptors (Lipinski definition) is 8. The van der Waals surface area contributed by atoms with Crippen molar-refractivity contribution >= 4 is 35.5 Å². The molecule has 1 saturated heterocycles. The van der Waals surface area contributed by atoms with E-state index in [-0.39, 0.29) is 36.1 Å². The van der Waals surface area contributed by atoms with Gasteiger partial charge in [-0.2, -0.15) is 0 Å². The summed E-state index contributed by atoms with van der Waals surface area (Å²) in [5.41, 5.74) is 0.371. The second-order valence-electron chi connectivity index (χ2n) is 14.2. The zero-order valence-electron chi connectivity index (χ0n) is 30.9. The summed E-state index contributed by atoms with van der Waals surface area (Å²) in [6.45, 7) is 16.1. The lowest BCUT2D eigenvalue weighted by molar-refractivity contribution is -0.150. The molecule has 1 aromatic rings. The molecule has 1 aromatic carbocycles. The number of hydrogen-bond donors (Lipinski definition) is 6. The quantitative estimate of drug-likeness (QED) is 0.150. The first kappa shape index (κ1) is 41.7. The summed E-state index contributed by atoms with van der Waals surface area (Å²) in [5, 5.41) is 23.2. The predicted octanol–water partition coefficient (Wildman–Crippen LogP) is 3.00. The lowest BCUT2D eigenvalue weighted by Gasteiger charge is -2.31. The highest BCUT2D eigenvalue weighted by Gasteiger charge is 2.37. The molecule has 1 aliphatic rings. The Balaban J connectivity index is 2.58. The molecule has 2 rings (SSSR count). The maximum atomic E-state index is 13.9. The van der Waals surface area contributed by atoms with Crippen LogP contribution in [-0.2, 0) is 39.9 Å². The van der Waals surface area contributed by atoms with Crippen LogP contribution in [0.3, 0.4) is 0 Å². The van der Waals surface area contributed by atoms with Crippen LogP contribution in [-0.4, -0.2) is 70.9 Å². The first-order valence-corrected chi connectivity index (χ1v) is 17.6. The summed E-state index contributed by atoms with van der Waals surface area (Å²) < 4.78 is 5.65. The summed E-state index contributed by atoms with van der Waals surface area (Å²) >= 11 is 0. The molecule has 0 bridgehead atoms. The van der Waals surface area contributed by atoms with Crippen molar-refractivity contribution in [2.45, 2.75) is 125 Å². The van der Waals surface area contributed by atoms with Gasteiger partial charge in [-0.25, -0.2) is 4.79 Å². The second-order valence-corrected chi connectivity index (χ2v) is 14.2. The Morgan fingerprint density at radius 1 is 0.900 bits per heavy atom. The second kappa shape index (κ2) is 19.7. The number of amides is 5. The SMILES string of the molecule is C/C=C1\NC(=O)[C@H](Cc2ccc(O)cc2)NC(=O)[C@H](C(C)C)NC(=O)[C@H](CC(C)C)NC(=O)[C@@H](NC(=O)C(C)CC(C)CCC)[C@@H](C)OC1=O. The number of phenols is 1. The van der Waals surface area contributed by atoms with Crippen LogP contribution in [0.2, 0.25) is 0 Å². The van der Waals surface area contributed by atoms with Crippen LogP contribution in [0.1, 0.15) is 93.6 Å². The number of carbonyl (C=O) groups is 6. The van der Waals surface area contributed by atoms with Crippen LogP contribution >= 0.6 is 0 Å². The molecule has 0 spiro atoms. The summed E-state index contributed by atoms with van der Waals surface area (Å²) in [6, 6.07) is 1.31. The Labute approximate surface area is 296 Å². The standard InChI is InChI=1S/C37H57N5O8/c1-10-12-22(7)18-23(8)32(44)42-31-24(9)50-37(49)27(11-2)38-33(45)29(19-25-13-15-26(43)16-14-25)40-35(47)30(21(5)6)41-34(46)28(17-20(3)4)39-36(31)48/h11,13-16,20-24,28-31,43H,10,12,17-19H2,1-9H3,(H,38,45)(H,39,48)(H,40,47)(H,41,46)(H,42,44)/b27-11-/t22?,23?,24-,28+,29+,30+,31+/m1/s1. The Morgan fingerprint density at radius 2 is 1.52 bits per heavy atom. The molecule has 278 valence electrons. The Kier molecular flexibility index (Phi) is 16.4. The summed E-state index contributed by atoms with van der Waals surface area (Å²) in [5.74, 6) is -4.78. The van der Waals surface area contributed by atoms with Crippen molar-refractivity contribution in [3.05, 3.63) is 41.6 Å². The highest BCUT2D eigenvalue weighted by Crippen LogP contribution is 2.18. The molecule has 2 unspecified atom stereocenters. The van der Waals surface area contributed by atoms with E-state index in [1.54, 1.807) is 32.9 Å². The average Bonchev–Trinajstić information content (AvgIpc) is 3.03. The van der Waals surface area contributed by atoms with Gasteiger partial charge in [0.1, 0.15) is 41.7 Å². The Bertz CT molecular complexity index is 1380. The largest absolute Gasteiger partial charge is 0.508 e. The van der Waals surface area contributed by atoms with Gasteiger partial charge in [0.15, 0.2) is 0 Å². The molecule has 6 N–H and O–H groups in total. The molecule has 50 heavy (non-hydrogen) atoms. The monoisotopic (exact) mass is 699 g/mol. The van der Waals surface area contributed by atoms with Gasteiger partial charge >= 0.3 is 5.97 Å². The van der Waals surface area contributed by atoms with Crippen LogP contribution in [0.4, 0.5) is 0 Å². The maximum Gasteiger partial charge on any atom is 0.354 e. The third-order valence-corrected chi connectivity index (χ3v) is 8.69. The van der Waals surface area contributed by atoms with Gasteiger partial charge < -0.3 is 36.4 Å². The zero-order chi connectivity index (χ0) is 37.7. The lowest BCUT2D eigenvalue weighted by Crippen LogP contribution is -2.61. The van der Waals surface area contributed by atoms with Gasteiger partial charge in [-0.3, -0.25) is 24.0 Å². The number of benzene rings is 1. The highest BCUT2D eigenvalue weighted by atomic mass is 16.5. The molecular formula is C37H57N5O8. The molecule has 5 amide bonds. The van der Waals surface area contributed by atoms with E-state index in [4.69, 9.17) is 4.74 Å². The van der Waals surface area contributed by atoms with Crippen molar-refractivity contribution in [2.75, 3.05) is 0 Å². The fourth-order valence-corrected chi connectivity index (χ4v) is 5.87. The molecule has 0 aliphatic carbocycles. The third kappa shape index (κ3) is 12.8. The van der Waals surface area contributed by atoms with Gasteiger partial charge in [0.05, 0.1) is 0 Å². The molecule has 7 atom stereocenters. The lowest BCUT2D eigenvalue weighted by atomic mass is 9.93. The van der Waals surface area contributed by atoms with E-state index in [0.29, 0.717) is 12.0 Å². The zero-order valence-corrected chi connectivity index (χ0v) is 30.9. The summed E-state index contributed by atoms with van der Waals surface area (Å²) in [6.07, 6.45) is 2.80. The fraction of sp³-hybridized carbons (Fsp3) is 0.622. The van der Waals surface area contributed by atoms with E-state index in [1.165, 1.54) is 32.1 Å². The highest BCUT2D eigenvalue weighted by molar-refractivity contribution is 5.99. The van der Waals surface area contributed by atoms with Crippen LogP contribution in [0, 0.1) is 23.7 Å². The summed E-state index contributed by atoms with van der Waals surface area (Å²) in [7, 11) is 0. The minimum atomic E-state index is -1.38. The molecule has 1 heterocycles. The molecular weight excluding hydrogens is 642 g/mol. The van der Waals surface area contributed by atoms with Crippen molar-refractivity contribution < 1.29 is 38.6 Å². The molecule has 0 radical (unpaired) electrons. The van der Waals surface area contributed by atoms with E-state index in [0.717, 1.165) is 12.8 Å². The van der Waals surface area contributed by atoms with Crippen molar-refractivity contribution in [1.29, 1.82) is 0 Å². The van der Waals surface area contributed by atoms with Crippen LogP contribution in [0.25, 0.3) is 0 Å². The van der Waals surface area contributed by atoms with Gasteiger partial charge in [-0.1, -0.05) is 79.5 Å². The van der Waals surface area contributed by atoms with E-state index in [2.05, 4.69) is 40.4 Å². The minimum absolute atomic E-state index is 0.00570. The van der Waals surface area contributed by atoms with Crippen LogP contribution in [0.5, 0.6) is 5.75 Å². The van der Waals surface area contributed by atoms with Gasteiger partial charge in [0, 0.05) is 12.3 Å². The predicted molar refractivity (Wildman–Crippen MR) is 189 cm³/mol. The summed E-state index contributed by atoms with van der Waals surface area (Å²) in [4.78, 5) is 81.9. The number of allylic oxidation sites excluding steroid dienone is 1. The van der Waals surface area contributed by atoms with Crippen molar-refractivity contribution in [2.24, 2.45) is 23.7 Å². The van der Waals surface area contributed by atoms with E-state index >= 15 is 0 Å². The average molecular weight is 700 g/mol. The van der Waals surface area contributed by atoms with Crippen molar-refractivity contribution in [3.8, 4) is 5.75 Å². The number of phenolic OH excluding ortho intramolecular Hbond substituents is 1. The topological polar surface area (TPSA) is 192 Å². The molecule has 1 aliphatic heterocycles. The van der Waals surface area contributed by atoms with Crippen LogP contribution in [0.15, 0.2) is 36.0 Å². The maximum absolute atomic E-state index is 13.9. The van der Waals surface area contributed by atoms with Crippen LogP contribution < -0.4 is 26.6 Å². The number of nitrogens with one attached hydrogen (secondary N) is 5. The van der Waals surface area contributed by atoms with Gasteiger partial charge in [-0.15, -0.1) is 0 Å². The Morgan fingerprint density at radius 3 is 2.08 bits per heavy atom. The molecule has 13 nitrogen and oxygen atoms in total. The third-order valence-electron chi connectivity index (χ3n) is 8.69. The number of cyclic esters (lactones) is 1. The van der Waals surface area contributed by atoms with Gasteiger partial charge in [-0.05, 0) is 62.1 Å². The number of esters is 1. The molecule has 0 saturated carbocycles. The first-order valence-electron chi connectivity index (χ1n) is 17.6. The number of carbonyl (C=O) groups excluding carboxylic acids is 6. The van der Waals surface area contributed by atoms with Gasteiger partial charge in [0.2, 0.25) is 29.5 Å². The molecule has 0 aromatic heterocycles. The Hall–Kier alpha value is -4.42. The van der Waals surface area contributed by atoms with Crippen molar-refractivity contribution in [3.63, 3.8) is 0 Å². The fourth-order valence-electron chi connectivity index (χ4n) is 5.87.